The minimum absolute atomic E-state index is 0.164. The average Bonchev–Trinajstić information content (AvgIpc) is 2.88. The molecule has 2 aromatic rings. The third-order valence-corrected chi connectivity index (χ3v) is 3.58. The minimum Gasteiger partial charge on any atom is -0.485 e. The molecule has 0 spiro atoms. The van der Waals surface area contributed by atoms with Gasteiger partial charge in [-0.25, -0.2) is 4.79 Å². The summed E-state index contributed by atoms with van der Waals surface area (Å²) >= 11 is 0. The van der Waals surface area contributed by atoms with Crippen LogP contribution in [0.1, 0.15) is 49.4 Å². The molecule has 0 aliphatic rings. The van der Waals surface area contributed by atoms with Crippen LogP contribution in [0, 0.1) is 13.8 Å². The van der Waals surface area contributed by atoms with E-state index in [0.717, 1.165) is 6.29 Å². The van der Waals surface area contributed by atoms with Gasteiger partial charge in [-0.15, -0.1) is 0 Å². The second kappa shape index (κ2) is 7.59. The van der Waals surface area contributed by atoms with Gasteiger partial charge in [0.25, 0.3) is 0 Å². The molecule has 0 saturated carbocycles. The van der Waals surface area contributed by atoms with Crippen molar-refractivity contribution in [2.45, 2.75) is 20.8 Å². The van der Waals surface area contributed by atoms with Crippen LogP contribution in [0.5, 0.6) is 5.75 Å². The lowest BCUT2D eigenvalue weighted by molar-refractivity contribution is 0.0519. The summed E-state index contributed by atoms with van der Waals surface area (Å²) in [4.78, 5) is 37.8. The normalized spacial score (nSPS) is 10.3. The largest absolute Gasteiger partial charge is 0.485 e. The second-order valence-corrected chi connectivity index (χ2v) is 5.24. The van der Waals surface area contributed by atoms with Crippen molar-refractivity contribution in [3.63, 3.8) is 0 Å². The maximum Gasteiger partial charge on any atom is 0.355 e. The number of esters is 1. The van der Waals surface area contributed by atoms with Crippen LogP contribution < -0.4 is 4.74 Å². The predicted octanol–water partition coefficient (Wildman–Crippen LogP) is 2.88. The van der Waals surface area contributed by atoms with E-state index in [-0.39, 0.29) is 24.7 Å². The van der Waals surface area contributed by atoms with Gasteiger partial charge in [-0.1, -0.05) is 0 Å². The van der Waals surface area contributed by atoms with Gasteiger partial charge in [0, 0.05) is 16.8 Å². The third kappa shape index (κ3) is 3.71. The Labute approximate surface area is 139 Å². The highest BCUT2D eigenvalue weighted by Crippen LogP contribution is 2.20. The predicted molar refractivity (Wildman–Crippen MR) is 87.9 cm³/mol. The Balaban J connectivity index is 2.11. The Hall–Kier alpha value is -2.89. The number of ether oxygens (including phenoxy) is 2. The van der Waals surface area contributed by atoms with Crippen LogP contribution in [0.25, 0.3) is 0 Å². The average molecular weight is 329 g/mol. The lowest BCUT2D eigenvalue weighted by atomic mass is 10.1. The Morgan fingerprint density at radius 1 is 1.17 bits per heavy atom. The van der Waals surface area contributed by atoms with Crippen molar-refractivity contribution in [2.24, 2.45) is 0 Å². The van der Waals surface area contributed by atoms with E-state index in [0.29, 0.717) is 28.1 Å². The number of aryl methyl sites for hydroxylation is 1. The number of ketones is 1. The Morgan fingerprint density at radius 2 is 1.83 bits per heavy atom. The summed E-state index contributed by atoms with van der Waals surface area (Å²) in [5.41, 5.74) is 2.40. The van der Waals surface area contributed by atoms with Crippen molar-refractivity contribution in [3.05, 3.63) is 52.3 Å². The van der Waals surface area contributed by atoms with E-state index >= 15 is 0 Å². The fraction of sp³-hybridized carbons (Fsp3) is 0.278. The molecule has 1 aromatic carbocycles. The fourth-order valence-corrected chi connectivity index (χ4v) is 2.44. The van der Waals surface area contributed by atoms with Crippen LogP contribution in [0.15, 0.2) is 24.3 Å². The topological polar surface area (TPSA) is 85.5 Å². The molecule has 1 N–H and O–H groups in total. The molecule has 0 saturated heterocycles. The fourth-order valence-electron chi connectivity index (χ4n) is 2.44. The molecule has 2 rings (SSSR count). The molecule has 1 aromatic heterocycles. The van der Waals surface area contributed by atoms with E-state index in [1.807, 2.05) is 0 Å². The number of aromatic nitrogens is 1. The molecular formula is C18H19NO5. The van der Waals surface area contributed by atoms with Gasteiger partial charge in [0.2, 0.25) is 5.78 Å². The van der Waals surface area contributed by atoms with E-state index in [4.69, 9.17) is 9.47 Å². The maximum atomic E-state index is 12.4. The molecule has 0 amide bonds. The molecule has 24 heavy (non-hydrogen) atoms. The number of carbonyl (C=O) groups is 3. The molecule has 126 valence electrons. The summed E-state index contributed by atoms with van der Waals surface area (Å²) in [7, 11) is 0. The molecule has 0 aliphatic heterocycles. The summed E-state index contributed by atoms with van der Waals surface area (Å²) in [5, 5.41) is 0. The number of carbonyl (C=O) groups excluding carboxylic acids is 3. The number of nitrogens with one attached hydrogen (secondary N) is 1. The highest BCUT2D eigenvalue weighted by molar-refractivity contribution is 6.03. The smallest absolute Gasteiger partial charge is 0.355 e. The molecule has 0 bridgehead atoms. The van der Waals surface area contributed by atoms with Crippen molar-refractivity contribution in [2.75, 3.05) is 13.2 Å². The summed E-state index contributed by atoms with van der Waals surface area (Å²) < 4.78 is 10.4. The Bertz CT molecular complexity index is 758. The number of H-pyrrole nitrogens is 1. The van der Waals surface area contributed by atoms with Gasteiger partial charge >= 0.3 is 5.97 Å². The highest BCUT2D eigenvalue weighted by atomic mass is 16.5. The summed E-state index contributed by atoms with van der Waals surface area (Å²) in [6.07, 6.45) is 0.734. The van der Waals surface area contributed by atoms with Gasteiger partial charge in [-0.2, -0.15) is 0 Å². The lowest BCUT2D eigenvalue weighted by Gasteiger charge is -2.06. The van der Waals surface area contributed by atoms with Gasteiger partial charge in [0.1, 0.15) is 17.7 Å². The quantitative estimate of drug-likeness (QED) is 0.479. The maximum absolute atomic E-state index is 12.4. The zero-order valence-corrected chi connectivity index (χ0v) is 13.8. The number of Topliss-reactive ketones (excluding diaryl/α,β-unsaturated/α-hetero) is 1. The number of hydrogen-bond acceptors (Lipinski definition) is 5. The highest BCUT2D eigenvalue weighted by Gasteiger charge is 2.22. The number of benzene rings is 1. The molecular weight excluding hydrogens is 310 g/mol. The van der Waals surface area contributed by atoms with Gasteiger partial charge < -0.3 is 14.5 Å². The van der Waals surface area contributed by atoms with Crippen LogP contribution >= 0.6 is 0 Å². The summed E-state index contributed by atoms with van der Waals surface area (Å²) in [6.45, 7) is 5.24. The van der Waals surface area contributed by atoms with Gasteiger partial charge in [0.05, 0.1) is 6.61 Å². The SMILES string of the molecule is CCOC(=O)c1[nH]c(C)c(C(=O)COc2ccc(C=O)cc2)c1C. The van der Waals surface area contributed by atoms with Crippen molar-refractivity contribution in [3.8, 4) is 5.75 Å². The third-order valence-electron chi connectivity index (χ3n) is 3.58. The number of aromatic amines is 1. The van der Waals surface area contributed by atoms with E-state index in [9.17, 15) is 14.4 Å². The Morgan fingerprint density at radius 3 is 2.42 bits per heavy atom. The monoisotopic (exact) mass is 329 g/mol. The number of hydrogen-bond donors (Lipinski definition) is 1. The van der Waals surface area contributed by atoms with Crippen molar-refractivity contribution in [1.82, 2.24) is 4.98 Å². The first kappa shape index (κ1) is 17.5. The lowest BCUT2D eigenvalue weighted by Crippen LogP contribution is -2.13. The van der Waals surface area contributed by atoms with E-state index in [2.05, 4.69) is 4.98 Å². The molecule has 6 nitrogen and oxygen atoms in total. The summed E-state index contributed by atoms with van der Waals surface area (Å²) in [5.74, 6) is -0.232. The molecule has 0 aliphatic carbocycles. The first-order valence-corrected chi connectivity index (χ1v) is 7.55. The van der Waals surface area contributed by atoms with Crippen molar-refractivity contribution in [1.29, 1.82) is 0 Å². The van der Waals surface area contributed by atoms with Crippen LogP contribution in [0.2, 0.25) is 0 Å². The van der Waals surface area contributed by atoms with Gasteiger partial charge in [0.15, 0.2) is 6.61 Å². The zero-order chi connectivity index (χ0) is 17.7. The van der Waals surface area contributed by atoms with Crippen molar-refractivity contribution < 1.29 is 23.9 Å². The van der Waals surface area contributed by atoms with Gasteiger partial charge in [-0.3, -0.25) is 9.59 Å². The van der Waals surface area contributed by atoms with Crippen LogP contribution in [0.3, 0.4) is 0 Å². The van der Waals surface area contributed by atoms with Gasteiger partial charge in [-0.05, 0) is 50.6 Å². The first-order valence-electron chi connectivity index (χ1n) is 7.55. The number of aldehydes is 1. The molecule has 0 fully saturated rings. The molecule has 0 radical (unpaired) electrons. The molecule has 1 heterocycles. The molecule has 0 atom stereocenters. The van der Waals surface area contributed by atoms with Crippen molar-refractivity contribution >= 4 is 18.0 Å². The first-order chi connectivity index (χ1) is 11.5. The Kier molecular flexibility index (Phi) is 5.52. The molecule has 6 heteroatoms. The zero-order valence-electron chi connectivity index (χ0n) is 13.8. The van der Waals surface area contributed by atoms with E-state index in [1.165, 1.54) is 0 Å². The molecule has 0 unspecified atom stereocenters. The minimum atomic E-state index is -0.484. The number of rotatable bonds is 7. The van der Waals surface area contributed by atoms with Crippen LogP contribution in [0.4, 0.5) is 0 Å². The standard InChI is InChI=1S/C18H19NO5/c1-4-23-18(22)17-11(2)16(12(3)19-17)15(21)10-24-14-7-5-13(9-20)6-8-14/h5-9,19H,4,10H2,1-3H3. The van der Waals surface area contributed by atoms with E-state index < -0.39 is 5.97 Å². The summed E-state index contributed by atoms with van der Waals surface area (Å²) in [6, 6.07) is 6.46. The van der Waals surface area contributed by atoms with Crippen LogP contribution in [-0.2, 0) is 4.74 Å². The van der Waals surface area contributed by atoms with E-state index in [1.54, 1.807) is 45.0 Å². The van der Waals surface area contributed by atoms with Crippen LogP contribution in [-0.4, -0.2) is 36.2 Å². The second-order valence-electron chi connectivity index (χ2n) is 5.24.